The molecular formula is C34H41F4N3O5. The molecule has 8 nitrogen and oxygen atoms in total. The molecule has 0 amide bonds. The van der Waals surface area contributed by atoms with E-state index in [0.29, 0.717) is 12.0 Å². The zero-order valence-corrected chi connectivity index (χ0v) is 27.2. The summed E-state index contributed by atoms with van der Waals surface area (Å²) in [5.74, 6) is -10.4. The van der Waals surface area contributed by atoms with Crippen molar-refractivity contribution in [1.29, 1.82) is 0 Å². The molecule has 250 valence electrons. The maximum atomic E-state index is 14.1. The lowest BCUT2D eigenvalue weighted by Crippen LogP contribution is -2.44. The van der Waals surface area contributed by atoms with Gasteiger partial charge in [-0.15, -0.1) is 0 Å². The molecule has 0 aliphatic carbocycles. The molecule has 12 heteroatoms. The smallest absolute Gasteiger partial charge is 0.308 e. The van der Waals surface area contributed by atoms with Crippen molar-refractivity contribution < 1.29 is 36.6 Å². The van der Waals surface area contributed by atoms with Crippen LogP contribution in [0.4, 0.5) is 17.6 Å². The number of hydrogen-bond donors (Lipinski definition) is 1. The molecule has 46 heavy (non-hydrogen) atoms. The SMILES string of the molecule is CC[C@H](CN[C@@H](CC(=O)OC(C)(C)C)C(=O)COc1c(F)c(F)cc(F)c1F)c1ccnn(Cc2ccccc2C(C)(C)C)c1=O. The van der Waals surface area contributed by atoms with E-state index in [1.165, 1.54) is 10.9 Å². The van der Waals surface area contributed by atoms with E-state index in [1.54, 1.807) is 26.8 Å². The number of halogens is 4. The average molecular weight is 648 g/mol. The minimum absolute atomic E-state index is 0.0214. The van der Waals surface area contributed by atoms with Gasteiger partial charge in [-0.25, -0.2) is 13.5 Å². The highest BCUT2D eigenvalue weighted by molar-refractivity contribution is 5.89. The van der Waals surface area contributed by atoms with Crippen LogP contribution in [0.25, 0.3) is 0 Å². The van der Waals surface area contributed by atoms with Gasteiger partial charge in [0.1, 0.15) is 12.2 Å². The van der Waals surface area contributed by atoms with Gasteiger partial charge in [-0.2, -0.15) is 13.9 Å². The summed E-state index contributed by atoms with van der Waals surface area (Å²) in [6.07, 6.45) is 1.51. The third kappa shape index (κ3) is 9.48. The van der Waals surface area contributed by atoms with Gasteiger partial charge in [0.15, 0.2) is 23.2 Å². The Hall–Kier alpha value is -4.06. The summed E-state index contributed by atoms with van der Waals surface area (Å²) in [7, 11) is 0. The van der Waals surface area contributed by atoms with Crippen LogP contribution in [0.3, 0.4) is 0 Å². The molecule has 0 saturated heterocycles. The lowest BCUT2D eigenvalue weighted by molar-refractivity contribution is -0.156. The van der Waals surface area contributed by atoms with Crippen LogP contribution >= 0.6 is 0 Å². The number of ether oxygens (including phenoxy) is 2. The van der Waals surface area contributed by atoms with Gasteiger partial charge in [0.2, 0.25) is 11.6 Å². The van der Waals surface area contributed by atoms with Crippen molar-refractivity contribution in [2.75, 3.05) is 13.2 Å². The quantitative estimate of drug-likeness (QED) is 0.139. The number of benzene rings is 2. The summed E-state index contributed by atoms with van der Waals surface area (Å²) >= 11 is 0. The lowest BCUT2D eigenvalue weighted by Gasteiger charge is -2.25. The van der Waals surface area contributed by atoms with Crippen molar-refractivity contribution in [3.63, 3.8) is 0 Å². The van der Waals surface area contributed by atoms with Crippen molar-refractivity contribution in [3.05, 3.63) is 92.9 Å². The molecule has 1 heterocycles. The highest BCUT2D eigenvalue weighted by Crippen LogP contribution is 2.27. The third-order valence-electron chi connectivity index (χ3n) is 7.24. The average Bonchev–Trinajstić information content (AvgIpc) is 2.96. The zero-order valence-electron chi connectivity index (χ0n) is 27.2. The number of hydrogen-bond acceptors (Lipinski definition) is 7. The maximum Gasteiger partial charge on any atom is 0.308 e. The Morgan fingerprint density at radius 1 is 0.978 bits per heavy atom. The first kappa shape index (κ1) is 36.4. The molecule has 0 aliphatic heterocycles. The highest BCUT2D eigenvalue weighted by Gasteiger charge is 2.29. The summed E-state index contributed by atoms with van der Waals surface area (Å²) < 4.78 is 67.1. The van der Waals surface area contributed by atoms with E-state index in [1.807, 2.05) is 31.2 Å². The van der Waals surface area contributed by atoms with E-state index in [4.69, 9.17) is 9.47 Å². The molecule has 0 fully saturated rings. The first-order valence-electron chi connectivity index (χ1n) is 15.0. The summed E-state index contributed by atoms with van der Waals surface area (Å²) in [6.45, 7) is 12.3. The van der Waals surface area contributed by atoms with Gasteiger partial charge in [0, 0.05) is 30.3 Å². The maximum absolute atomic E-state index is 14.1. The second-order valence-corrected chi connectivity index (χ2v) is 13.1. The van der Waals surface area contributed by atoms with Crippen molar-refractivity contribution in [1.82, 2.24) is 15.1 Å². The normalized spacial score (nSPS) is 13.3. The van der Waals surface area contributed by atoms with Crippen molar-refractivity contribution in [2.24, 2.45) is 0 Å². The second kappa shape index (κ2) is 15.0. The fraction of sp³-hybridized carbons (Fsp3) is 0.471. The van der Waals surface area contributed by atoms with Gasteiger partial charge in [-0.1, -0.05) is 52.0 Å². The Labute approximate surface area is 266 Å². The Bertz CT molecular complexity index is 1590. The van der Waals surface area contributed by atoms with Gasteiger partial charge < -0.3 is 14.8 Å². The second-order valence-electron chi connectivity index (χ2n) is 13.1. The summed E-state index contributed by atoms with van der Waals surface area (Å²) in [4.78, 5) is 39.5. The summed E-state index contributed by atoms with van der Waals surface area (Å²) in [5, 5.41) is 7.25. The first-order valence-corrected chi connectivity index (χ1v) is 15.0. The van der Waals surface area contributed by atoms with Crippen LogP contribution < -0.4 is 15.6 Å². The Kier molecular flexibility index (Phi) is 11.9. The molecule has 3 rings (SSSR count). The molecule has 2 atom stereocenters. The molecule has 0 aliphatic rings. The van der Waals surface area contributed by atoms with Gasteiger partial charge >= 0.3 is 5.97 Å². The number of ketones is 1. The standard InChI is InChI=1S/C34H41F4N3O5/c1-8-20(22-13-14-40-41(32(22)44)18-21-11-9-10-12-23(21)33(2,3)4)17-39-26(16-28(43)46-34(5,6)7)27(42)19-45-31-29(37)24(35)15-25(36)30(31)38/h9-15,20,26,39H,8,16-19H2,1-7H3/t20-,26+/m1/s1. The van der Waals surface area contributed by atoms with Crippen LogP contribution in [-0.2, 0) is 26.3 Å². The van der Waals surface area contributed by atoms with Gasteiger partial charge in [0.05, 0.1) is 19.0 Å². The van der Waals surface area contributed by atoms with Crippen molar-refractivity contribution in [2.45, 2.75) is 90.8 Å². The van der Waals surface area contributed by atoms with Crippen LogP contribution in [0, 0.1) is 23.3 Å². The summed E-state index contributed by atoms with van der Waals surface area (Å²) in [6, 6.07) is 8.15. The number of esters is 1. The third-order valence-corrected chi connectivity index (χ3v) is 7.24. The predicted molar refractivity (Wildman–Crippen MR) is 165 cm³/mol. The highest BCUT2D eigenvalue weighted by atomic mass is 19.2. The number of nitrogens with zero attached hydrogens (tertiary/aromatic N) is 2. The molecule has 0 bridgehead atoms. The Morgan fingerprint density at radius 3 is 2.20 bits per heavy atom. The van der Waals surface area contributed by atoms with E-state index in [2.05, 4.69) is 31.2 Å². The van der Waals surface area contributed by atoms with E-state index in [9.17, 15) is 31.9 Å². The molecule has 1 N–H and O–H groups in total. The Morgan fingerprint density at radius 2 is 1.61 bits per heavy atom. The van der Waals surface area contributed by atoms with Gasteiger partial charge in [-0.3, -0.25) is 14.4 Å². The largest absolute Gasteiger partial charge is 0.479 e. The van der Waals surface area contributed by atoms with Crippen LogP contribution in [-0.4, -0.2) is 46.3 Å². The minimum atomic E-state index is -1.80. The fourth-order valence-electron chi connectivity index (χ4n) is 4.97. The van der Waals surface area contributed by atoms with E-state index in [0.717, 1.165) is 11.1 Å². The summed E-state index contributed by atoms with van der Waals surface area (Å²) in [5.41, 5.74) is 1.10. The number of Topliss-reactive ketones (excluding diaryl/α,β-unsaturated/α-hetero) is 1. The number of nitrogens with one attached hydrogen (secondary N) is 1. The molecule has 1 aromatic heterocycles. The molecular weight excluding hydrogens is 606 g/mol. The molecule has 0 unspecified atom stereocenters. The lowest BCUT2D eigenvalue weighted by atomic mass is 9.84. The monoisotopic (exact) mass is 647 g/mol. The van der Waals surface area contributed by atoms with Crippen molar-refractivity contribution in [3.8, 4) is 5.75 Å². The van der Waals surface area contributed by atoms with Crippen LogP contribution in [0.2, 0.25) is 0 Å². The topological polar surface area (TPSA) is 99.5 Å². The van der Waals surface area contributed by atoms with Gasteiger partial charge in [0.25, 0.3) is 5.56 Å². The van der Waals surface area contributed by atoms with Crippen LogP contribution in [0.15, 0.2) is 47.4 Å². The number of carbonyl (C=O) groups is 2. The molecule has 0 saturated carbocycles. The number of rotatable bonds is 13. The molecule has 2 aromatic carbocycles. The molecule has 0 radical (unpaired) electrons. The predicted octanol–water partition coefficient (Wildman–Crippen LogP) is 5.98. The Balaban J connectivity index is 1.84. The fourth-order valence-corrected chi connectivity index (χ4v) is 4.97. The first-order chi connectivity index (χ1) is 21.4. The van der Waals surface area contributed by atoms with Crippen LogP contribution in [0.1, 0.15) is 83.9 Å². The van der Waals surface area contributed by atoms with E-state index in [-0.39, 0.29) is 30.1 Å². The minimum Gasteiger partial charge on any atom is -0.479 e. The van der Waals surface area contributed by atoms with E-state index >= 15 is 0 Å². The van der Waals surface area contributed by atoms with Crippen LogP contribution in [0.5, 0.6) is 5.75 Å². The molecule has 0 spiro atoms. The van der Waals surface area contributed by atoms with E-state index < -0.39 is 71.4 Å². The molecule has 3 aromatic rings. The number of carbonyl (C=O) groups excluding carboxylic acids is 2. The van der Waals surface area contributed by atoms with Crippen molar-refractivity contribution >= 4 is 11.8 Å². The number of aromatic nitrogens is 2. The van der Waals surface area contributed by atoms with Gasteiger partial charge in [-0.05, 0) is 49.8 Å². The zero-order chi connectivity index (χ0) is 34.4.